The van der Waals surface area contributed by atoms with E-state index in [2.05, 4.69) is 5.32 Å². The average Bonchev–Trinajstić information content (AvgIpc) is 2.62. The molecule has 1 aromatic carbocycles. The van der Waals surface area contributed by atoms with Gasteiger partial charge in [-0.05, 0) is 5.56 Å². The highest BCUT2D eigenvalue weighted by Gasteiger charge is 2.14. The Balaban J connectivity index is 0.000000333. The quantitative estimate of drug-likeness (QED) is 0.520. The van der Waals surface area contributed by atoms with Gasteiger partial charge in [-0.25, -0.2) is 9.59 Å². The molecule has 1 heterocycles. The van der Waals surface area contributed by atoms with Crippen LogP contribution in [0.25, 0.3) is 0 Å². The van der Waals surface area contributed by atoms with Crippen molar-refractivity contribution in [2.75, 3.05) is 32.9 Å². The van der Waals surface area contributed by atoms with Gasteiger partial charge in [0.2, 0.25) is 0 Å². The first-order valence-electron chi connectivity index (χ1n) is 7.76. The van der Waals surface area contributed by atoms with Crippen LogP contribution in [-0.4, -0.2) is 66.3 Å². The molecule has 0 spiro atoms. The van der Waals surface area contributed by atoms with Crippen LogP contribution < -0.4 is 5.32 Å². The lowest BCUT2D eigenvalue weighted by molar-refractivity contribution is -0.134. The summed E-state index contributed by atoms with van der Waals surface area (Å²) in [6, 6.07) is 9.54. The van der Waals surface area contributed by atoms with Crippen LogP contribution in [0.3, 0.4) is 0 Å². The summed E-state index contributed by atoms with van der Waals surface area (Å²) in [6.07, 6.45) is 0.657. The Bertz CT molecular complexity index is 525. The van der Waals surface area contributed by atoms with Gasteiger partial charge in [-0.3, -0.25) is 0 Å². The number of ether oxygens (including phenoxy) is 2. The van der Waals surface area contributed by atoms with Crippen molar-refractivity contribution in [2.45, 2.75) is 12.2 Å². The third-order valence-corrected chi connectivity index (χ3v) is 3.14. The monoisotopic (exact) mass is 353 g/mol. The van der Waals surface area contributed by atoms with E-state index in [1.807, 2.05) is 30.3 Å². The first-order chi connectivity index (χ1) is 12.0. The molecule has 25 heavy (non-hydrogen) atoms. The first kappa shape index (κ1) is 20.8. The molecule has 1 aromatic rings. The van der Waals surface area contributed by atoms with Gasteiger partial charge in [0.25, 0.3) is 0 Å². The van der Waals surface area contributed by atoms with Gasteiger partial charge in [-0.1, -0.05) is 30.3 Å². The summed E-state index contributed by atoms with van der Waals surface area (Å²) in [6.45, 7) is 3.29. The van der Waals surface area contributed by atoms with Gasteiger partial charge in [0.1, 0.15) is 6.10 Å². The van der Waals surface area contributed by atoms with E-state index in [1.54, 1.807) is 0 Å². The Morgan fingerprint density at radius 3 is 2.40 bits per heavy atom. The van der Waals surface area contributed by atoms with E-state index >= 15 is 0 Å². The van der Waals surface area contributed by atoms with Crippen molar-refractivity contribution in [3.8, 4) is 0 Å². The van der Waals surface area contributed by atoms with Crippen molar-refractivity contribution in [3.63, 3.8) is 0 Å². The van der Waals surface area contributed by atoms with Crippen LogP contribution in [0.2, 0.25) is 0 Å². The molecule has 8 nitrogen and oxygen atoms in total. The van der Waals surface area contributed by atoms with E-state index in [4.69, 9.17) is 19.7 Å². The van der Waals surface area contributed by atoms with E-state index in [-0.39, 0.29) is 6.10 Å². The molecule has 0 amide bonds. The topological polar surface area (TPSA) is 125 Å². The van der Waals surface area contributed by atoms with Gasteiger partial charge in [0.05, 0.1) is 25.9 Å². The van der Waals surface area contributed by atoms with Gasteiger partial charge in [-0.2, -0.15) is 0 Å². The standard InChI is InChI=1S/C13H19NO3.C4H4O4/c15-13(11-4-2-1-3-5-11)10-16-9-12-8-14-6-7-17-12;5-3(6)1-2-4(7)8/h1-5,12-15H,6-10H2;1-2H,(H,5,6)(H,7,8)/b;2-1-/t12-,13-;/m0./s1. The van der Waals surface area contributed by atoms with Crippen molar-refractivity contribution in [1.29, 1.82) is 0 Å². The molecular weight excluding hydrogens is 330 g/mol. The summed E-state index contributed by atoms with van der Waals surface area (Å²) in [5.74, 6) is -2.51. The smallest absolute Gasteiger partial charge is 0.328 e. The number of aliphatic carboxylic acids is 2. The highest BCUT2D eigenvalue weighted by molar-refractivity contribution is 5.89. The molecule has 0 aromatic heterocycles. The number of hydrogen-bond donors (Lipinski definition) is 4. The van der Waals surface area contributed by atoms with Crippen LogP contribution in [-0.2, 0) is 19.1 Å². The van der Waals surface area contributed by atoms with Crippen LogP contribution in [0.1, 0.15) is 11.7 Å². The summed E-state index contributed by atoms with van der Waals surface area (Å²) < 4.78 is 11.0. The maximum Gasteiger partial charge on any atom is 0.328 e. The Morgan fingerprint density at radius 2 is 1.88 bits per heavy atom. The third kappa shape index (κ3) is 10.3. The summed E-state index contributed by atoms with van der Waals surface area (Å²) in [4.78, 5) is 19.1. The summed E-state index contributed by atoms with van der Waals surface area (Å²) >= 11 is 0. The number of hydrogen-bond acceptors (Lipinski definition) is 6. The van der Waals surface area contributed by atoms with Gasteiger partial charge in [-0.15, -0.1) is 0 Å². The zero-order valence-corrected chi connectivity index (χ0v) is 13.7. The number of carbonyl (C=O) groups is 2. The van der Waals surface area contributed by atoms with Gasteiger partial charge < -0.3 is 30.1 Å². The van der Waals surface area contributed by atoms with Crippen LogP contribution in [0.4, 0.5) is 0 Å². The molecular formula is C17H23NO7. The second kappa shape index (κ2) is 12.2. The number of morpholine rings is 1. The van der Waals surface area contributed by atoms with Crippen molar-refractivity contribution in [2.24, 2.45) is 0 Å². The number of benzene rings is 1. The van der Waals surface area contributed by atoms with E-state index in [1.165, 1.54) is 0 Å². The minimum atomic E-state index is -1.26. The molecule has 2 atom stereocenters. The van der Waals surface area contributed by atoms with Crippen molar-refractivity contribution in [1.82, 2.24) is 5.32 Å². The van der Waals surface area contributed by atoms with Gasteiger partial charge in [0, 0.05) is 25.2 Å². The Kier molecular flexibility index (Phi) is 10.1. The number of nitrogens with one attached hydrogen (secondary N) is 1. The molecule has 1 saturated heterocycles. The summed E-state index contributed by atoms with van der Waals surface area (Å²) in [5.41, 5.74) is 0.884. The number of carboxylic acids is 2. The zero-order valence-electron chi connectivity index (χ0n) is 13.7. The van der Waals surface area contributed by atoms with Crippen LogP contribution in [0, 0.1) is 0 Å². The van der Waals surface area contributed by atoms with Crippen LogP contribution in [0.5, 0.6) is 0 Å². The Labute approximate surface area is 145 Å². The molecule has 2 rings (SSSR count). The predicted molar refractivity (Wildman–Crippen MR) is 89.2 cm³/mol. The fraction of sp³-hybridized carbons (Fsp3) is 0.412. The minimum absolute atomic E-state index is 0.103. The first-order valence-corrected chi connectivity index (χ1v) is 7.76. The third-order valence-electron chi connectivity index (χ3n) is 3.14. The minimum Gasteiger partial charge on any atom is -0.478 e. The summed E-state index contributed by atoms with van der Waals surface area (Å²) in [5, 5.41) is 28.7. The Morgan fingerprint density at radius 1 is 1.24 bits per heavy atom. The molecule has 0 bridgehead atoms. The molecule has 0 unspecified atom stereocenters. The van der Waals surface area contributed by atoms with E-state index in [0.717, 1.165) is 25.3 Å². The fourth-order valence-electron chi connectivity index (χ4n) is 1.95. The highest BCUT2D eigenvalue weighted by atomic mass is 16.5. The average molecular weight is 353 g/mol. The maximum atomic E-state index is 9.87. The molecule has 0 saturated carbocycles. The van der Waals surface area contributed by atoms with Gasteiger partial charge in [0.15, 0.2) is 0 Å². The SMILES string of the molecule is O=C(O)/C=C\C(=O)O.O[C@@H](COC[C@@H]1CNCCO1)c1ccccc1. The van der Waals surface area contributed by atoms with Crippen LogP contribution >= 0.6 is 0 Å². The fourth-order valence-corrected chi connectivity index (χ4v) is 1.95. The number of carboxylic acid groups (broad SMARTS) is 2. The van der Waals surface area contributed by atoms with E-state index in [9.17, 15) is 14.7 Å². The predicted octanol–water partition coefficient (Wildman–Crippen LogP) is 0.437. The molecule has 0 aliphatic carbocycles. The maximum absolute atomic E-state index is 9.87. The molecule has 1 fully saturated rings. The Hall–Kier alpha value is -2.26. The van der Waals surface area contributed by atoms with E-state index < -0.39 is 18.0 Å². The molecule has 4 N–H and O–H groups in total. The molecule has 0 radical (unpaired) electrons. The summed E-state index contributed by atoms with van der Waals surface area (Å²) in [7, 11) is 0. The largest absolute Gasteiger partial charge is 0.478 e. The van der Waals surface area contributed by atoms with Crippen molar-refractivity contribution in [3.05, 3.63) is 48.0 Å². The molecule has 138 valence electrons. The second-order valence-electron chi connectivity index (χ2n) is 5.17. The van der Waals surface area contributed by atoms with Crippen molar-refractivity contribution >= 4 is 11.9 Å². The van der Waals surface area contributed by atoms with Crippen molar-refractivity contribution < 1.29 is 34.4 Å². The number of aliphatic hydroxyl groups is 1. The lowest BCUT2D eigenvalue weighted by atomic mass is 10.1. The lowest BCUT2D eigenvalue weighted by Crippen LogP contribution is -2.41. The number of rotatable bonds is 7. The van der Waals surface area contributed by atoms with Crippen LogP contribution in [0.15, 0.2) is 42.5 Å². The number of aliphatic hydroxyl groups excluding tert-OH is 1. The molecule has 1 aliphatic heterocycles. The molecule has 1 aliphatic rings. The normalized spacial score (nSPS) is 18.2. The molecule has 8 heteroatoms. The lowest BCUT2D eigenvalue weighted by Gasteiger charge is -2.23. The highest BCUT2D eigenvalue weighted by Crippen LogP contribution is 2.12. The van der Waals surface area contributed by atoms with E-state index in [0.29, 0.717) is 25.4 Å². The second-order valence-corrected chi connectivity index (χ2v) is 5.17. The zero-order chi connectivity index (χ0) is 18.5. The van der Waals surface area contributed by atoms with Gasteiger partial charge >= 0.3 is 11.9 Å².